The molecule has 0 aliphatic heterocycles. The van der Waals surface area contributed by atoms with Gasteiger partial charge in [-0.25, -0.2) is 0 Å². The Morgan fingerprint density at radius 3 is 2.62 bits per heavy atom. The van der Waals surface area contributed by atoms with Crippen molar-refractivity contribution in [2.75, 3.05) is 5.32 Å². The van der Waals surface area contributed by atoms with Gasteiger partial charge in [0.15, 0.2) is 0 Å². The van der Waals surface area contributed by atoms with E-state index >= 15 is 0 Å². The van der Waals surface area contributed by atoms with Crippen LogP contribution in [-0.4, -0.2) is 20.7 Å². The Hall–Kier alpha value is -1.59. The maximum Gasteiger partial charge on any atom is 0.330 e. The lowest BCUT2D eigenvalue weighted by atomic mass is 10.2. The van der Waals surface area contributed by atoms with Crippen molar-refractivity contribution in [3.8, 4) is 0 Å². The molecule has 0 fully saturated rings. The summed E-state index contributed by atoms with van der Waals surface area (Å²) in [6, 6.07) is 0.292. The maximum absolute atomic E-state index is 10.8. The summed E-state index contributed by atoms with van der Waals surface area (Å²) in [5.74, 6) is 0.355. The van der Waals surface area contributed by atoms with E-state index in [-0.39, 0.29) is 17.8 Å². The van der Waals surface area contributed by atoms with Gasteiger partial charge in [-0.2, -0.15) is 0 Å². The van der Waals surface area contributed by atoms with Crippen molar-refractivity contribution in [1.29, 1.82) is 0 Å². The molecule has 0 saturated carbocycles. The predicted molar refractivity (Wildman–Crippen MR) is 62.6 cm³/mol. The van der Waals surface area contributed by atoms with Gasteiger partial charge in [-0.05, 0) is 27.2 Å². The molecule has 1 aromatic heterocycles. The van der Waals surface area contributed by atoms with Crippen molar-refractivity contribution in [2.45, 2.75) is 46.2 Å². The molecule has 1 N–H and O–H groups in total. The smallest absolute Gasteiger partial charge is 0.330 e. The average Bonchev–Trinajstić information content (AvgIpc) is 2.61. The van der Waals surface area contributed by atoms with Crippen LogP contribution in [0.25, 0.3) is 0 Å². The predicted octanol–water partition coefficient (Wildman–Crippen LogP) is 2.58. The number of hydrogen-bond acceptors (Lipinski definition) is 4. The highest BCUT2D eigenvalue weighted by Gasteiger charge is 2.21. The third-order valence-corrected chi connectivity index (χ3v) is 2.43. The summed E-state index contributed by atoms with van der Waals surface area (Å²) in [4.78, 5) is 10.4. The van der Waals surface area contributed by atoms with Gasteiger partial charge in [0.1, 0.15) is 6.20 Å². The Kier molecular flexibility index (Phi) is 3.87. The Balaban J connectivity index is 3.00. The second-order valence-corrected chi connectivity index (χ2v) is 4.15. The van der Waals surface area contributed by atoms with Gasteiger partial charge in [0.25, 0.3) is 0 Å². The lowest BCUT2D eigenvalue weighted by molar-refractivity contribution is -0.384. The summed E-state index contributed by atoms with van der Waals surface area (Å²) in [5.41, 5.74) is 0.0361. The molecule has 0 aromatic carbocycles. The molecule has 0 aliphatic rings. The van der Waals surface area contributed by atoms with Crippen LogP contribution in [0.2, 0.25) is 0 Å². The van der Waals surface area contributed by atoms with Crippen LogP contribution in [0, 0.1) is 10.1 Å². The Morgan fingerprint density at radius 1 is 1.56 bits per heavy atom. The molecule has 0 radical (unpaired) electrons. The van der Waals surface area contributed by atoms with Gasteiger partial charge in [-0.1, -0.05) is 6.92 Å². The van der Waals surface area contributed by atoms with Crippen LogP contribution in [0.4, 0.5) is 11.5 Å². The molecular formula is C10H18N4O2. The van der Waals surface area contributed by atoms with E-state index in [1.165, 1.54) is 6.20 Å². The van der Waals surface area contributed by atoms with Gasteiger partial charge < -0.3 is 5.32 Å². The summed E-state index contributed by atoms with van der Waals surface area (Å²) in [6.45, 7) is 7.86. The fraction of sp³-hybridized carbons (Fsp3) is 0.700. The lowest BCUT2D eigenvalue weighted by Gasteiger charge is -2.09. The topological polar surface area (TPSA) is 73.0 Å². The van der Waals surface area contributed by atoms with Crippen LogP contribution < -0.4 is 5.32 Å². The molecule has 0 saturated heterocycles. The maximum atomic E-state index is 10.8. The molecule has 1 heterocycles. The van der Waals surface area contributed by atoms with E-state index in [2.05, 4.69) is 10.4 Å². The molecule has 0 bridgehead atoms. The SMILES string of the molecule is CC[C@@H](C)Nc1nn(C(C)C)cc1[N+](=O)[O-]. The largest absolute Gasteiger partial charge is 0.360 e. The number of hydrogen-bond donors (Lipinski definition) is 1. The molecular weight excluding hydrogens is 208 g/mol. The number of nitro groups is 1. The van der Waals surface area contributed by atoms with Crippen LogP contribution in [0.5, 0.6) is 0 Å². The van der Waals surface area contributed by atoms with E-state index in [1.807, 2.05) is 27.7 Å². The molecule has 0 unspecified atom stereocenters. The zero-order valence-electron chi connectivity index (χ0n) is 10.1. The zero-order valence-corrected chi connectivity index (χ0v) is 10.1. The highest BCUT2D eigenvalue weighted by Crippen LogP contribution is 2.24. The number of anilines is 1. The third kappa shape index (κ3) is 2.71. The Bertz CT molecular complexity index is 373. The van der Waals surface area contributed by atoms with Crippen molar-refractivity contribution >= 4 is 11.5 Å². The number of aromatic nitrogens is 2. The average molecular weight is 226 g/mol. The molecule has 0 amide bonds. The van der Waals surface area contributed by atoms with Gasteiger partial charge >= 0.3 is 5.69 Å². The highest BCUT2D eigenvalue weighted by atomic mass is 16.6. The summed E-state index contributed by atoms with van der Waals surface area (Å²) in [6.07, 6.45) is 2.36. The summed E-state index contributed by atoms with van der Waals surface area (Å²) in [5, 5.41) is 18.1. The molecule has 0 aliphatic carbocycles. The molecule has 16 heavy (non-hydrogen) atoms. The van der Waals surface area contributed by atoms with Crippen molar-refractivity contribution in [3.63, 3.8) is 0 Å². The van der Waals surface area contributed by atoms with Crippen molar-refractivity contribution in [2.24, 2.45) is 0 Å². The van der Waals surface area contributed by atoms with Crippen LogP contribution in [-0.2, 0) is 0 Å². The van der Waals surface area contributed by atoms with Crippen LogP contribution >= 0.6 is 0 Å². The van der Waals surface area contributed by atoms with Gasteiger partial charge in [0.05, 0.1) is 4.92 Å². The summed E-state index contributed by atoms with van der Waals surface area (Å²) in [7, 11) is 0. The molecule has 1 aromatic rings. The fourth-order valence-electron chi connectivity index (χ4n) is 1.22. The molecule has 1 atom stereocenters. The first-order valence-corrected chi connectivity index (χ1v) is 5.45. The Morgan fingerprint density at radius 2 is 2.19 bits per heavy atom. The zero-order chi connectivity index (χ0) is 12.3. The number of nitrogens with zero attached hydrogens (tertiary/aromatic N) is 3. The van der Waals surface area contributed by atoms with Crippen molar-refractivity contribution in [3.05, 3.63) is 16.3 Å². The molecule has 6 heteroatoms. The van der Waals surface area contributed by atoms with Gasteiger partial charge in [0.2, 0.25) is 5.82 Å². The standard InChI is InChI=1S/C10H18N4O2/c1-5-8(4)11-10-9(14(15)16)6-13(12-10)7(2)3/h6-8H,5H2,1-4H3,(H,11,12)/t8-/m1/s1. The monoisotopic (exact) mass is 226 g/mol. The minimum atomic E-state index is -0.406. The molecule has 90 valence electrons. The molecule has 1 rings (SSSR count). The van der Waals surface area contributed by atoms with E-state index in [0.29, 0.717) is 5.82 Å². The highest BCUT2D eigenvalue weighted by molar-refractivity contribution is 5.55. The van der Waals surface area contributed by atoms with Crippen molar-refractivity contribution in [1.82, 2.24) is 9.78 Å². The normalized spacial score (nSPS) is 12.8. The first-order chi connectivity index (χ1) is 7.45. The van der Waals surface area contributed by atoms with Crippen LogP contribution in [0.1, 0.15) is 40.2 Å². The van der Waals surface area contributed by atoms with E-state index in [0.717, 1.165) is 6.42 Å². The van der Waals surface area contributed by atoms with Crippen LogP contribution in [0.15, 0.2) is 6.20 Å². The number of nitrogens with one attached hydrogen (secondary N) is 1. The minimum absolute atomic E-state index is 0.0361. The Labute approximate surface area is 94.8 Å². The second kappa shape index (κ2) is 4.96. The first kappa shape index (κ1) is 12.5. The fourth-order valence-corrected chi connectivity index (χ4v) is 1.22. The quantitative estimate of drug-likeness (QED) is 0.618. The van der Waals surface area contributed by atoms with E-state index in [1.54, 1.807) is 4.68 Å². The minimum Gasteiger partial charge on any atom is -0.360 e. The molecule has 6 nitrogen and oxygen atoms in total. The first-order valence-electron chi connectivity index (χ1n) is 5.45. The van der Waals surface area contributed by atoms with Gasteiger partial charge in [-0.15, -0.1) is 5.10 Å². The number of rotatable bonds is 5. The van der Waals surface area contributed by atoms with Crippen LogP contribution in [0.3, 0.4) is 0 Å². The summed E-state index contributed by atoms with van der Waals surface area (Å²) >= 11 is 0. The van der Waals surface area contributed by atoms with E-state index in [4.69, 9.17) is 0 Å². The van der Waals surface area contributed by atoms with Gasteiger partial charge in [0, 0.05) is 12.1 Å². The van der Waals surface area contributed by atoms with E-state index < -0.39 is 4.92 Å². The molecule has 0 spiro atoms. The summed E-state index contributed by atoms with van der Waals surface area (Å²) < 4.78 is 1.60. The van der Waals surface area contributed by atoms with Crippen molar-refractivity contribution < 1.29 is 4.92 Å². The van der Waals surface area contributed by atoms with Gasteiger partial charge in [-0.3, -0.25) is 14.8 Å². The lowest BCUT2D eigenvalue weighted by Crippen LogP contribution is -2.15. The van der Waals surface area contributed by atoms with E-state index in [9.17, 15) is 10.1 Å². The second-order valence-electron chi connectivity index (χ2n) is 4.15. The third-order valence-electron chi connectivity index (χ3n) is 2.43.